The molecule has 0 saturated carbocycles. The predicted molar refractivity (Wildman–Crippen MR) is 64.5 cm³/mol. The minimum absolute atomic E-state index is 0.147. The fraction of sp³-hybridized carbons (Fsp3) is 0.385. The van der Waals surface area contributed by atoms with Gasteiger partial charge in [-0.05, 0) is 12.8 Å². The van der Waals surface area contributed by atoms with Crippen molar-refractivity contribution in [1.82, 2.24) is 14.8 Å². The number of hydrogen-bond donors (Lipinski definition) is 1. The van der Waals surface area contributed by atoms with Gasteiger partial charge in [-0.2, -0.15) is 0 Å². The number of benzene rings is 1. The minimum Gasteiger partial charge on any atom is -0.396 e. The third-order valence-corrected chi connectivity index (χ3v) is 3.33. The third-order valence-electron chi connectivity index (χ3n) is 3.33. The van der Waals surface area contributed by atoms with Crippen molar-refractivity contribution in [3.63, 3.8) is 0 Å². The van der Waals surface area contributed by atoms with E-state index in [1.165, 1.54) is 0 Å². The van der Waals surface area contributed by atoms with Gasteiger partial charge in [0.2, 0.25) is 0 Å². The van der Waals surface area contributed by atoms with E-state index in [0.29, 0.717) is 0 Å². The monoisotopic (exact) mass is 229 g/mol. The molecule has 1 atom stereocenters. The average molecular weight is 229 g/mol. The van der Waals surface area contributed by atoms with Gasteiger partial charge in [0.15, 0.2) is 5.82 Å². The van der Waals surface area contributed by atoms with Gasteiger partial charge in [0.25, 0.3) is 0 Å². The van der Waals surface area contributed by atoms with Crippen LogP contribution in [0.15, 0.2) is 30.3 Å². The highest BCUT2D eigenvalue weighted by molar-refractivity contribution is 5.55. The van der Waals surface area contributed by atoms with Gasteiger partial charge in [0, 0.05) is 18.0 Å². The van der Waals surface area contributed by atoms with E-state index in [-0.39, 0.29) is 12.5 Å². The molecular formula is C13H15N3O. The standard InChI is InChI=1S/C13H15N3O/c17-9-11-7-4-8-16-12(14-15-13(11)16)10-5-2-1-3-6-10/h1-3,5-6,11,17H,4,7-9H2. The summed E-state index contributed by atoms with van der Waals surface area (Å²) in [6.45, 7) is 1.11. The highest BCUT2D eigenvalue weighted by Gasteiger charge is 2.24. The normalized spacial score (nSPS) is 19.0. The number of nitrogens with zero attached hydrogens (tertiary/aromatic N) is 3. The number of aromatic nitrogens is 3. The van der Waals surface area contributed by atoms with Gasteiger partial charge in [-0.15, -0.1) is 10.2 Å². The smallest absolute Gasteiger partial charge is 0.163 e. The molecule has 4 nitrogen and oxygen atoms in total. The van der Waals surface area contributed by atoms with Crippen molar-refractivity contribution in [3.8, 4) is 11.4 Å². The summed E-state index contributed by atoms with van der Waals surface area (Å²) < 4.78 is 2.14. The molecule has 0 aliphatic carbocycles. The second-order valence-corrected chi connectivity index (χ2v) is 4.42. The summed E-state index contributed by atoms with van der Waals surface area (Å²) in [6.07, 6.45) is 2.08. The zero-order valence-corrected chi connectivity index (χ0v) is 9.58. The van der Waals surface area contributed by atoms with Crippen molar-refractivity contribution in [2.75, 3.05) is 6.61 Å². The summed E-state index contributed by atoms with van der Waals surface area (Å²) in [7, 11) is 0. The summed E-state index contributed by atoms with van der Waals surface area (Å²) in [6, 6.07) is 10.1. The molecule has 0 amide bonds. The fourth-order valence-corrected chi connectivity index (χ4v) is 2.44. The molecule has 1 unspecified atom stereocenters. The second kappa shape index (κ2) is 4.30. The number of fused-ring (bicyclic) bond motifs is 1. The Morgan fingerprint density at radius 3 is 2.82 bits per heavy atom. The lowest BCUT2D eigenvalue weighted by Gasteiger charge is -2.21. The Labute approximate surface area is 99.9 Å². The summed E-state index contributed by atoms with van der Waals surface area (Å²) >= 11 is 0. The molecule has 0 saturated heterocycles. The molecule has 0 fully saturated rings. The Kier molecular flexibility index (Phi) is 2.65. The molecule has 3 rings (SSSR count). The zero-order valence-electron chi connectivity index (χ0n) is 9.58. The van der Waals surface area contributed by atoms with Crippen LogP contribution < -0.4 is 0 Å². The average Bonchev–Trinajstić information content (AvgIpc) is 2.83. The van der Waals surface area contributed by atoms with Crippen LogP contribution in [0.2, 0.25) is 0 Å². The van der Waals surface area contributed by atoms with Gasteiger partial charge in [-0.3, -0.25) is 0 Å². The molecule has 4 heteroatoms. The number of hydrogen-bond acceptors (Lipinski definition) is 3. The molecule has 0 spiro atoms. The van der Waals surface area contributed by atoms with E-state index in [4.69, 9.17) is 0 Å². The zero-order chi connectivity index (χ0) is 11.7. The first-order chi connectivity index (χ1) is 8.40. The molecule has 0 bridgehead atoms. The summed E-state index contributed by atoms with van der Waals surface area (Å²) in [4.78, 5) is 0. The Hall–Kier alpha value is -1.68. The van der Waals surface area contributed by atoms with E-state index >= 15 is 0 Å². The molecule has 1 N–H and O–H groups in total. The van der Waals surface area contributed by atoms with E-state index in [2.05, 4.69) is 14.8 Å². The van der Waals surface area contributed by atoms with Crippen LogP contribution in [0.4, 0.5) is 0 Å². The highest BCUT2D eigenvalue weighted by atomic mass is 16.3. The van der Waals surface area contributed by atoms with Crippen molar-refractivity contribution in [1.29, 1.82) is 0 Å². The molecule has 1 aromatic carbocycles. The molecule has 88 valence electrons. The van der Waals surface area contributed by atoms with Crippen LogP contribution in [0.3, 0.4) is 0 Å². The second-order valence-electron chi connectivity index (χ2n) is 4.42. The largest absolute Gasteiger partial charge is 0.396 e. The first-order valence-corrected chi connectivity index (χ1v) is 5.99. The first-order valence-electron chi connectivity index (χ1n) is 5.99. The number of aliphatic hydroxyl groups is 1. The van der Waals surface area contributed by atoms with Crippen LogP contribution in [0.25, 0.3) is 11.4 Å². The fourth-order valence-electron chi connectivity index (χ4n) is 2.44. The molecular weight excluding hydrogens is 214 g/mol. The molecule has 1 aliphatic rings. The number of rotatable bonds is 2. The van der Waals surface area contributed by atoms with Gasteiger partial charge in [0.1, 0.15) is 5.82 Å². The van der Waals surface area contributed by atoms with Crippen molar-refractivity contribution >= 4 is 0 Å². The van der Waals surface area contributed by atoms with Crippen molar-refractivity contribution in [2.24, 2.45) is 0 Å². The van der Waals surface area contributed by atoms with Gasteiger partial charge >= 0.3 is 0 Å². The lowest BCUT2D eigenvalue weighted by atomic mass is 10.00. The molecule has 1 aromatic heterocycles. The van der Waals surface area contributed by atoms with Crippen LogP contribution in [-0.2, 0) is 6.54 Å². The maximum absolute atomic E-state index is 9.34. The van der Waals surface area contributed by atoms with Crippen LogP contribution in [0.1, 0.15) is 24.6 Å². The molecule has 17 heavy (non-hydrogen) atoms. The van der Waals surface area contributed by atoms with Crippen LogP contribution in [0.5, 0.6) is 0 Å². The number of aliphatic hydroxyl groups excluding tert-OH is 1. The molecule has 0 radical (unpaired) electrons. The Morgan fingerprint density at radius 1 is 1.24 bits per heavy atom. The minimum atomic E-state index is 0.147. The maximum Gasteiger partial charge on any atom is 0.163 e. The molecule has 2 heterocycles. The topological polar surface area (TPSA) is 50.9 Å². The quantitative estimate of drug-likeness (QED) is 0.854. The van der Waals surface area contributed by atoms with E-state index in [0.717, 1.165) is 36.6 Å². The van der Waals surface area contributed by atoms with E-state index in [9.17, 15) is 5.11 Å². The first kappa shape index (κ1) is 10.5. The van der Waals surface area contributed by atoms with Gasteiger partial charge < -0.3 is 9.67 Å². The Morgan fingerprint density at radius 2 is 2.06 bits per heavy atom. The van der Waals surface area contributed by atoms with Crippen molar-refractivity contribution in [3.05, 3.63) is 36.2 Å². The van der Waals surface area contributed by atoms with Crippen molar-refractivity contribution < 1.29 is 5.11 Å². The highest BCUT2D eigenvalue weighted by Crippen LogP contribution is 2.29. The summed E-state index contributed by atoms with van der Waals surface area (Å²) in [5.74, 6) is 1.99. The van der Waals surface area contributed by atoms with E-state index < -0.39 is 0 Å². The molecule has 2 aromatic rings. The van der Waals surface area contributed by atoms with Gasteiger partial charge in [-0.1, -0.05) is 30.3 Å². The Balaban J connectivity index is 2.06. The van der Waals surface area contributed by atoms with Crippen molar-refractivity contribution in [2.45, 2.75) is 25.3 Å². The third kappa shape index (κ3) is 1.74. The lowest BCUT2D eigenvalue weighted by molar-refractivity contribution is 0.238. The summed E-state index contributed by atoms with van der Waals surface area (Å²) in [5.41, 5.74) is 1.09. The van der Waals surface area contributed by atoms with E-state index in [1.807, 2.05) is 30.3 Å². The van der Waals surface area contributed by atoms with Crippen LogP contribution in [-0.4, -0.2) is 26.5 Å². The van der Waals surface area contributed by atoms with Crippen LogP contribution in [0, 0.1) is 0 Å². The maximum atomic E-state index is 9.34. The SMILES string of the molecule is OCC1CCCn2c(-c3ccccc3)nnc21. The Bertz CT molecular complexity index is 507. The van der Waals surface area contributed by atoms with Crippen LogP contribution >= 0.6 is 0 Å². The molecule has 1 aliphatic heterocycles. The lowest BCUT2D eigenvalue weighted by Crippen LogP contribution is -2.19. The van der Waals surface area contributed by atoms with Gasteiger partial charge in [-0.25, -0.2) is 0 Å². The predicted octanol–water partition coefficient (Wildman–Crippen LogP) is 1.81. The summed E-state index contributed by atoms with van der Waals surface area (Å²) in [5, 5.41) is 17.8. The van der Waals surface area contributed by atoms with E-state index in [1.54, 1.807) is 0 Å². The van der Waals surface area contributed by atoms with Gasteiger partial charge in [0.05, 0.1) is 6.61 Å².